The van der Waals surface area contributed by atoms with Gasteiger partial charge in [-0.3, -0.25) is 14.4 Å². The van der Waals surface area contributed by atoms with E-state index in [1.54, 1.807) is 11.8 Å². The number of hydrogen-bond donors (Lipinski definition) is 0. The minimum Gasteiger partial charge on any atom is -0.469 e. The van der Waals surface area contributed by atoms with Crippen molar-refractivity contribution in [1.29, 1.82) is 0 Å². The second-order valence-electron chi connectivity index (χ2n) is 6.92. The summed E-state index contributed by atoms with van der Waals surface area (Å²) in [7, 11) is -2.31. The lowest BCUT2D eigenvalue weighted by Crippen LogP contribution is -2.40. The maximum absolute atomic E-state index is 12.6. The molecule has 0 bridgehead atoms. The zero-order valence-electron chi connectivity index (χ0n) is 15.3. The van der Waals surface area contributed by atoms with Crippen LogP contribution in [0.25, 0.3) is 0 Å². The molecule has 0 N–H and O–H groups in total. The van der Waals surface area contributed by atoms with E-state index >= 15 is 0 Å². The van der Waals surface area contributed by atoms with Crippen LogP contribution in [0.5, 0.6) is 0 Å². The Balaban J connectivity index is 1.70. The average Bonchev–Trinajstić information content (AvgIpc) is 2.87. The van der Waals surface area contributed by atoms with E-state index in [-0.39, 0.29) is 29.2 Å². The van der Waals surface area contributed by atoms with Crippen molar-refractivity contribution in [3.8, 4) is 0 Å². The molecule has 0 radical (unpaired) electrons. The summed E-state index contributed by atoms with van der Waals surface area (Å²) in [6, 6.07) is 6.00. The van der Waals surface area contributed by atoms with Crippen LogP contribution in [0.3, 0.4) is 0 Å². The van der Waals surface area contributed by atoms with Gasteiger partial charge < -0.3 is 9.64 Å². The van der Waals surface area contributed by atoms with Gasteiger partial charge in [-0.25, -0.2) is 12.7 Å². The van der Waals surface area contributed by atoms with Crippen molar-refractivity contribution in [2.24, 2.45) is 11.8 Å². The molecule has 0 saturated carbocycles. The third-order valence-electron chi connectivity index (χ3n) is 5.03. The van der Waals surface area contributed by atoms with E-state index in [4.69, 9.17) is 4.74 Å². The molecule has 2 saturated heterocycles. The number of carbonyl (C=O) groups is 3. The first-order valence-electron chi connectivity index (χ1n) is 8.78. The van der Waals surface area contributed by atoms with E-state index in [1.165, 1.54) is 31.4 Å². The van der Waals surface area contributed by atoms with E-state index < -0.39 is 21.8 Å². The van der Waals surface area contributed by atoms with Gasteiger partial charge in [0, 0.05) is 18.7 Å². The topological polar surface area (TPSA) is 101 Å². The van der Waals surface area contributed by atoms with Crippen LogP contribution >= 0.6 is 0 Å². The fraction of sp³-hybridized carbons (Fsp3) is 0.500. The molecule has 146 valence electrons. The van der Waals surface area contributed by atoms with Crippen LogP contribution in [0.1, 0.15) is 30.1 Å². The molecule has 0 aliphatic carbocycles. The number of methoxy groups -OCH3 is 1. The fourth-order valence-corrected chi connectivity index (χ4v) is 5.31. The highest BCUT2D eigenvalue weighted by Gasteiger charge is 2.42. The van der Waals surface area contributed by atoms with Crippen molar-refractivity contribution in [3.63, 3.8) is 0 Å². The van der Waals surface area contributed by atoms with Gasteiger partial charge in [0.25, 0.3) is 5.91 Å². The molecule has 0 unspecified atom stereocenters. The molecular formula is C18H22N2O6S. The first-order chi connectivity index (χ1) is 12.7. The van der Waals surface area contributed by atoms with Crippen LogP contribution in [-0.4, -0.2) is 57.1 Å². The van der Waals surface area contributed by atoms with Crippen molar-refractivity contribution in [1.82, 2.24) is 4.90 Å². The zero-order valence-corrected chi connectivity index (χ0v) is 16.1. The number of likely N-dealkylation sites (tertiary alicyclic amines) is 1. The molecular weight excluding hydrogens is 372 g/mol. The molecule has 2 aliphatic rings. The van der Waals surface area contributed by atoms with E-state index in [2.05, 4.69) is 0 Å². The van der Waals surface area contributed by atoms with Gasteiger partial charge in [0.05, 0.1) is 30.4 Å². The van der Waals surface area contributed by atoms with Crippen LogP contribution in [0.15, 0.2) is 24.3 Å². The molecule has 0 aromatic heterocycles. The van der Waals surface area contributed by atoms with Gasteiger partial charge in [-0.15, -0.1) is 0 Å². The van der Waals surface area contributed by atoms with Crippen LogP contribution in [0.4, 0.5) is 5.69 Å². The van der Waals surface area contributed by atoms with Crippen LogP contribution in [0.2, 0.25) is 0 Å². The lowest BCUT2D eigenvalue weighted by Gasteiger charge is -2.30. The predicted molar refractivity (Wildman–Crippen MR) is 97.5 cm³/mol. The normalized spacial score (nSPS) is 22.7. The molecule has 1 aromatic carbocycles. The molecule has 3 rings (SSSR count). The van der Waals surface area contributed by atoms with Crippen molar-refractivity contribution >= 4 is 33.5 Å². The average molecular weight is 394 g/mol. The number of sulfonamides is 1. The van der Waals surface area contributed by atoms with Gasteiger partial charge in [0.2, 0.25) is 15.9 Å². The summed E-state index contributed by atoms with van der Waals surface area (Å²) < 4.78 is 29.9. The van der Waals surface area contributed by atoms with E-state index in [0.29, 0.717) is 31.5 Å². The van der Waals surface area contributed by atoms with Gasteiger partial charge in [-0.1, -0.05) is 6.92 Å². The highest BCUT2D eigenvalue weighted by molar-refractivity contribution is 7.94. The number of carbonyl (C=O) groups excluding carboxylic acids is 3. The summed E-state index contributed by atoms with van der Waals surface area (Å²) in [4.78, 5) is 38.0. The lowest BCUT2D eigenvalue weighted by atomic mass is 9.96. The Morgan fingerprint density at radius 1 is 1.11 bits per heavy atom. The Bertz CT molecular complexity index is 856. The quantitative estimate of drug-likeness (QED) is 0.710. The molecule has 8 nitrogen and oxygen atoms in total. The highest BCUT2D eigenvalue weighted by Crippen LogP contribution is 2.29. The first-order valence-corrected chi connectivity index (χ1v) is 10.4. The first kappa shape index (κ1) is 19.3. The molecule has 0 spiro atoms. The van der Waals surface area contributed by atoms with Crippen LogP contribution in [-0.2, 0) is 24.3 Å². The van der Waals surface area contributed by atoms with Gasteiger partial charge in [0.15, 0.2) is 0 Å². The number of rotatable bonds is 3. The molecule has 1 aromatic rings. The van der Waals surface area contributed by atoms with Gasteiger partial charge >= 0.3 is 5.97 Å². The lowest BCUT2D eigenvalue weighted by molar-refractivity contribution is -0.146. The summed E-state index contributed by atoms with van der Waals surface area (Å²) in [5.74, 6) is -1.87. The Morgan fingerprint density at radius 2 is 1.70 bits per heavy atom. The van der Waals surface area contributed by atoms with Crippen molar-refractivity contribution in [2.45, 2.75) is 19.8 Å². The molecule has 27 heavy (non-hydrogen) atoms. The second-order valence-corrected chi connectivity index (χ2v) is 8.78. The summed E-state index contributed by atoms with van der Waals surface area (Å²) in [6.07, 6.45) is 1.10. The number of benzene rings is 1. The monoisotopic (exact) mass is 394 g/mol. The largest absolute Gasteiger partial charge is 0.469 e. The van der Waals surface area contributed by atoms with Gasteiger partial charge in [0.1, 0.15) is 0 Å². The number of piperidine rings is 1. The standard InChI is InChI=1S/C18H22N2O6S/c1-12-11-27(24,25)20(16(12)21)15-5-3-13(4-6-15)17(22)19-9-7-14(8-10-19)18(23)26-2/h3-6,12,14H,7-11H2,1-2H3/t12-/m0/s1. The third-order valence-corrected chi connectivity index (χ3v) is 6.89. The van der Waals surface area contributed by atoms with E-state index in [1.807, 2.05) is 0 Å². The fourth-order valence-electron chi connectivity index (χ4n) is 3.49. The molecule has 9 heteroatoms. The van der Waals surface area contributed by atoms with Crippen LogP contribution in [0, 0.1) is 11.8 Å². The maximum atomic E-state index is 12.6. The summed E-state index contributed by atoms with van der Waals surface area (Å²) >= 11 is 0. The third kappa shape index (κ3) is 3.69. The molecule has 2 fully saturated rings. The smallest absolute Gasteiger partial charge is 0.308 e. The number of ether oxygens (including phenoxy) is 1. The molecule has 1 atom stereocenters. The summed E-state index contributed by atoms with van der Waals surface area (Å²) in [6.45, 7) is 2.49. The minimum atomic E-state index is -3.66. The van der Waals surface area contributed by atoms with Crippen molar-refractivity contribution in [2.75, 3.05) is 30.3 Å². The second kappa shape index (κ2) is 7.30. The van der Waals surface area contributed by atoms with Gasteiger partial charge in [-0.2, -0.15) is 0 Å². The molecule has 2 aliphatic heterocycles. The molecule has 2 heterocycles. The SMILES string of the molecule is COC(=O)C1CCN(C(=O)c2ccc(N3C(=O)[C@@H](C)CS3(=O)=O)cc2)CC1. The summed E-state index contributed by atoms with van der Waals surface area (Å²) in [5, 5.41) is 0. The highest BCUT2D eigenvalue weighted by atomic mass is 32.2. The Hall–Kier alpha value is -2.42. The Labute approximate surface area is 158 Å². The number of hydrogen-bond acceptors (Lipinski definition) is 6. The van der Waals surface area contributed by atoms with Crippen molar-refractivity contribution < 1.29 is 27.5 Å². The predicted octanol–water partition coefficient (Wildman–Crippen LogP) is 1.02. The van der Waals surface area contributed by atoms with E-state index in [9.17, 15) is 22.8 Å². The Morgan fingerprint density at radius 3 is 2.19 bits per heavy atom. The summed E-state index contributed by atoms with van der Waals surface area (Å²) in [5.41, 5.74) is 0.651. The maximum Gasteiger partial charge on any atom is 0.308 e. The zero-order chi connectivity index (χ0) is 19.8. The van der Waals surface area contributed by atoms with Gasteiger partial charge in [-0.05, 0) is 37.1 Å². The number of esters is 1. The molecule has 2 amide bonds. The number of amides is 2. The minimum absolute atomic E-state index is 0.185. The number of nitrogens with zero attached hydrogens (tertiary/aromatic N) is 2. The number of anilines is 1. The van der Waals surface area contributed by atoms with E-state index in [0.717, 1.165) is 4.31 Å². The van der Waals surface area contributed by atoms with Crippen LogP contribution < -0.4 is 4.31 Å². The Kier molecular flexibility index (Phi) is 5.23. The van der Waals surface area contributed by atoms with Crippen molar-refractivity contribution in [3.05, 3.63) is 29.8 Å².